The van der Waals surface area contributed by atoms with Crippen LogP contribution in [-0.4, -0.2) is 9.97 Å². The number of benzene rings is 2. The zero-order valence-electron chi connectivity index (χ0n) is 14.2. The van der Waals surface area contributed by atoms with Gasteiger partial charge in [0.25, 0.3) is 0 Å². The molecule has 0 unspecified atom stereocenters. The molecule has 3 rings (SSSR count). The maximum Gasteiger partial charge on any atom is 0.149 e. The Hall–Kier alpha value is -3.02. The van der Waals surface area contributed by atoms with E-state index < -0.39 is 11.6 Å². The predicted molar refractivity (Wildman–Crippen MR) is 95.6 cm³/mol. The lowest BCUT2D eigenvalue weighted by Gasteiger charge is -2.13. The number of nitrogens with zero attached hydrogens (tertiary/aromatic N) is 2. The Morgan fingerprint density at radius 3 is 2.08 bits per heavy atom. The lowest BCUT2D eigenvalue weighted by molar-refractivity contribution is 0.590. The molecule has 2 N–H and O–H groups in total. The van der Waals surface area contributed by atoms with Crippen LogP contribution in [-0.2, 0) is 0 Å². The van der Waals surface area contributed by atoms with Crippen molar-refractivity contribution in [3.63, 3.8) is 0 Å². The summed E-state index contributed by atoms with van der Waals surface area (Å²) in [6.07, 6.45) is 0. The summed E-state index contributed by atoms with van der Waals surface area (Å²) >= 11 is 0. The van der Waals surface area contributed by atoms with Crippen LogP contribution in [0.25, 0.3) is 0 Å². The van der Waals surface area contributed by atoms with Gasteiger partial charge >= 0.3 is 0 Å². The Morgan fingerprint density at radius 1 is 0.800 bits per heavy atom. The van der Waals surface area contributed by atoms with Crippen LogP contribution in [0, 0.1) is 32.4 Å². The van der Waals surface area contributed by atoms with Gasteiger partial charge in [0.05, 0.1) is 0 Å². The molecule has 0 fully saturated rings. The lowest BCUT2D eigenvalue weighted by atomic mass is 10.1. The molecular formula is C19H18F2N4. The average Bonchev–Trinajstić information content (AvgIpc) is 2.55. The number of aromatic nitrogens is 2. The van der Waals surface area contributed by atoms with Gasteiger partial charge in [-0.1, -0.05) is 18.2 Å². The summed E-state index contributed by atoms with van der Waals surface area (Å²) in [5.74, 6) is -0.0279. The van der Waals surface area contributed by atoms with Crippen molar-refractivity contribution in [1.82, 2.24) is 9.97 Å². The largest absolute Gasteiger partial charge is 0.340 e. The van der Waals surface area contributed by atoms with Crippen molar-refractivity contribution in [2.24, 2.45) is 0 Å². The van der Waals surface area contributed by atoms with E-state index in [0.29, 0.717) is 17.5 Å². The highest BCUT2D eigenvalue weighted by Crippen LogP contribution is 2.26. The number of aryl methyl sites for hydroxylation is 2. The molecule has 1 heterocycles. The first-order valence-corrected chi connectivity index (χ1v) is 7.84. The van der Waals surface area contributed by atoms with E-state index in [2.05, 4.69) is 20.6 Å². The molecule has 0 saturated carbocycles. The standard InChI is InChI=1S/C19H18F2N4/c1-11-6-4-9-16(12(11)2)24-17-10-18(23-13(3)22-17)25-19-14(20)7-5-8-15(19)21/h4-10H,1-3H3,(H2,22,23,24,25). The van der Waals surface area contributed by atoms with E-state index >= 15 is 0 Å². The fraction of sp³-hybridized carbons (Fsp3) is 0.158. The summed E-state index contributed by atoms with van der Waals surface area (Å²) in [5.41, 5.74) is 2.94. The topological polar surface area (TPSA) is 49.8 Å². The number of para-hydroxylation sites is 1. The van der Waals surface area contributed by atoms with Gasteiger partial charge in [0, 0.05) is 11.8 Å². The fourth-order valence-corrected chi connectivity index (χ4v) is 2.47. The summed E-state index contributed by atoms with van der Waals surface area (Å²) in [5, 5.41) is 5.92. The molecule has 128 valence electrons. The summed E-state index contributed by atoms with van der Waals surface area (Å²) in [6.45, 7) is 5.76. The quantitative estimate of drug-likeness (QED) is 0.688. The monoisotopic (exact) mass is 340 g/mol. The molecule has 2 aromatic carbocycles. The van der Waals surface area contributed by atoms with Crippen molar-refractivity contribution in [1.29, 1.82) is 0 Å². The maximum absolute atomic E-state index is 13.8. The molecule has 3 aromatic rings. The van der Waals surface area contributed by atoms with Crippen molar-refractivity contribution in [3.05, 3.63) is 71.1 Å². The molecule has 0 spiro atoms. The first kappa shape index (κ1) is 16.8. The Bertz CT molecular complexity index is 905. The number of halogens is 2. The number of hydrogen-bond donors (Lipinski definition) is 2. The molecule has 0 bridgehead atoms. The van der Waals surface area contributed by atoms with Crippen molar-refractivity contribution in [2.45, 2.75) is 20.8 Å². The lowest BCUT2D eigenvalue weighted by Crippen LogP contribution is -2.04. The van der Waals surface area contributed by atoms with Gasteiger partial charge in [-0.25, -0.2) is 18.7 Å². The van der Waals surface area contributed by atoms with E-state index in [-0.39, 0.29) is 5.69 Å². The third-order valence-corrected chi connectivity index (χ3v) is 3.92. The highest BCUT2D eigenvalue weighted by molar-refractivity contribution is 5.66. The van der Waals surface area contributed by atoms with Crippen LogP contribution in [0.15, 0.2) is 42.5 Å². The molecule has 0 amide bonds. The highest BCUT2D eigenvalue weighted by atomic mass is 19.1. The molecule has 6 heteroatoms. The SMILES string of the molecule is Cc1nc(Nc2cccc(C)c2C)cc(Nc2c(F)cccc2F)n1. The zero-order chi connectivity index (χ0) is 18.0. The van der Waals surface area contributed by atoms with E-state index in [1.807, 2.05) is 32.0 Å². The number of nitrogens with one attached hydrogen (secondary N) is 2. The molecule has 0 atom stereocenters. The second-order valence-corrected chi connectivity index (χ2v) is 5.78. The number of anilines is 4. The van der Waals surface area contributed by atoms with Crippen molar-refractivity contribution >= 4 is 23.0 Å². The van der Waals surface area contributed by atoms with Crippen LogP contribution in [0.5, 0.6) is 0 Å². The van der Waals surface area contributed by atoms with Gasteiger partial charge in [-0.2, -0.15) is 0 Å². The summed E-state index contributed by atoms with van der Waals surface area (Å²) in [7, 11) is 0. The van der Waals surface area contributed by atoms with E-state index in [9.17, 15) is 8.78 Å². The molecule has 25 heavy (non-hydrogen) atoms. The molecule has 0 aliphatic rings. The Kier molecular flexibility index (Phi) is 4.61. The molecular weight excluding hydrogens is 322 g/mol. The fourth-order valence-electron chi connectivity index (χ4n) is 2.47. The van der Waals surface area contributed by atoms with Crippen molar-refractivity contribution in [3.8, 4) is 0 Å². The predicted octanol–water partition coefficient (Wildman–Crippen LogP) is 5.17. The number of rotatable bonds is 4. The minimum absolute atomic E-state index is 0.238. The van der Waals surface area contributed by atoms with Crippen LogP contribution < -0.4 is 10.6 Å². The van der Waals surface area contributed by atoms with E-state index in [1.165, 1.54) is 18.2 Å². The van der Waals surface area contributed by atoms with Gasteiger partial charge in [0.15, 0.2) is 0 Å². The first-order valence-electron chi connectivity index (χ1n) is 7.84. The Balaban J connectivity index is 1.92. The molecule has 0 aliphatic carbocycles. The van der Waals surface area contributed by atoms with Gasteiger partial charge in [-0.3, -0.25) is 0 Å². The number of hydrogen-bond acceptors (Lipinski definition) is 4. The zero-order valence-corrected chi connectivity index (χ0v) is 14.2. The maximum atomic E-state index is 13.8. The van der Waals surface area contributed by atoms with Crippen LogP contribution in [0.3, 0.4) is 0 Å². The van der Waals surface area contributed by atoms with E-state index in [4.69, 9.17) is 0 Å². The van der Waals surface area contributed by atoms with Gasteiger partial charge in [-0.15, -0.1) is 0 Å². The molecule has 0 radical (unpaired) electrons. The van der Waals surface area contributed by atoms with Gasteiger partial charge in [0.1, 0.15) is 34.8 Å². The summed E-state index contributed by atoms with van der Waals surface area (Å²) in [6, 6.07) is 11.2. The van der Waals surface area contributed by atoms with Crippen LogP contribution in [0.2, 0.25) is 0 Å². The normalized spacial score (nSPS) is 10.6. The minimum atomic E-state index is -0.680. The van der Waals surface area contributed by atoms with Gasteiger partial charge < -0.3 is 10.6 Å². The minimum Gasteiger partial charge on any atom is -0.340 e. The molecule has 1 aromatic heterocycles. The van der Waals surface area contributed by atoms with E-state index in [0.717, 1.165) is 16.8 Å². The van der Waals surface area contributed by atoms with E-state index in [1.54, 1.807) is 13.0 Å². The van der Waals surface area contributed by atoms with Gasteiger partial charge in [0.2, 0.25) is 0 Å². The van der Waals surface area contributed by atoms with Crippen LogP contribution in [0.1, 0.15) is 17.0 Å². The molecule has 4 nitrogen and oxygen atoms in total. The molecule has 0 saturated heterocycles. The van der Waals surface area contributed by atoms with Crippen molar-refractivity contribution in [2.75, 3.05) is 10.6 Å². The average molecular weight is 340 g/mol. The van der Waals surface area contributed by atoms with Gasteiger partial charge in [-0.05, 0) is 50.1 Å². The smallest absolute Gasteiger partial charge is 0.149 e. The van der Waals surface area contributed by atoms with Crippen LogP contribution >= 0.6 is 0 Å². The van der Waals surface area contributed by atoms with Crippen LogP contribution in [0.4, 0.5) is 31.8 Å². The summed E-state index contributed by atoms with van der Waals surface area (Å²) < 4.78 is 27.6. The van der Waals surface area contributed by atoms with Crippen molar-refractivity contribution < 1.29 is 8.78 Å². The second kappa shape index (κ2) is 6.84. The highest BCUT2D eigenvalue weighted by Gasteiger charge is 2.11. The Labute approximate surface area is 145 Å². The Morgan fingerprint density at radius 2 is 1.40 bits per heavy atom. The first-order chi connectivity index (χ1) is 11.9. The second-order valence-electron chi connectivity index (χ2n) is 5.78. The molecule has 0 aliphatic heterocycles. The third-order valence-electron chi connectivity index (χ3n) is 3.92. The summed E-state index contributed by atoms with van der Waals surface area (Å²) in [4.78, 5) is 8.53. The third kappa shape index (κ3) is 3.74.